The second-order valence-corrected chi connectivity index (χ2v) is 11.9. The maximum absolute atomic E-state index is 3.48. The number of rotatable bonds is 5. The van der Waals surface area contributed by atoms with Gasteiger partial charge in [-0.25, -0.2) is 0 Å². The van der Waals surface area contributed by atoms with Crippen molar-refractivity contribution < 1.29 is 0 Å². The molecule has 7 aromatic rings. The summed E-state index contributed by atoms with van der Waals surface area (Å²) in [6.07, 6.45) is 0. The molecule has 0 spiro atoms. The Bertz CT molecular complexity index is 2010. The van der Waals surface area contributed by atoms with Gasteiger partial charge in [-0.05, 0) is 96.6 Å². The van der Waals surface area contributed by atoms with Crippen molar-refractivity contribution in [2.24, 2.45) is 0 Å². The first-order valence-electron chi connectivity index (χ1n) is 14.6. The lowest BCUT2D eigenvalue weighted by molar-refractivity contribution is 0.423. The van der Waals surface area contributed by atoms with Gasteiger partial charge in [0, 0.05) is 38.7 Å². The van der Waals surface area contributed by atoms with Crippen LogP contribution in [0.1, 0.15) is 20.8 Å². The highest BCUT2D eigenvalue weighted by molar-refractivity contribution is 6.09. The Balaban J connectivity index is 1.21. The van der Waals surface area contributed by atoms with E-state index in [1.165, 1.54) is 55.2 Å². The first-order chi connectivity index (χ1) is 20.5. The van der Waals surface area contributed by atoms with Crippen LogP contribution in [0.25, 0.3) is 55.2 Å². The van der Waals surface area contributed by atoms with Crippen LogP contribution in [0.15, 0.2) is 146 Å². The van der Waals surface area contributed by atoms with E-state index in [-0.39, 0.29) is 5.54 Å². The number of benzene rings is 6. The van der Waals surface area contributed by atoms with E-state index in [1.54, 1.807) is 0 Å². The van der Waals surface area contributed by atoms with E-state index in [0.29, 0.717) is 0 Å². The third-order valence-corrected chi connectivity index (χ3v) is 8.06. The Morgan fingerprint density at radius 2 is 0.929 bits per heavy atom. The second-order valence-electron chi connectivity index (χ2n) is 11.9. The Hall–Kier alpha value is -5.08. The number of nitrogens with zero attached hydrogens (tertiary/aromatic N) is 1. The highest BCUT2D eigenvalue weighted by Crippen LogP contribution is 2.38. The zero-order chi connectivity index (χ0) is 28.7. The van der Waals surface area contributed by atoms with Crippen molar-refractivity contribution in [3.63, 3.8) is 0 Å². The average molecular weight is 543 g/mol. The molecule has 0 saturated heterocycles. The van der Waals surface area contributed by atoms with Crippen molar-refractivity contribution in [1.82, 2.24) is 4.57 Å². The van der Waals surface area contributed by atoms with Crippen molar-refractivity contribution in [2.75, 3.05) is 5.32 Å². The summed E-state index contributed by atoms with van der Waals surface area (Å²) in [5.74, 6) is 0. The Kier molecular flexibility index (Phi) is 6.40. The first-order valence-corrected chi connectivity index (χ1v) is 14.6. The second kappa shape index (κ2) is 10.4. The van der Waals surface area contributed by atoms with Gasteiger partial charge < -0.3 is 9.88 Å². The zero-order valence-corrected chi connectivity index (χ0v) is 24.3. The van der Waals surface area contributed by atoms with Crippen molar-refractivity contribution in [1.29, 1.82) is 0 Å². The summed E-state index contributed by atoms with van der Waals surface area (Å²) in [5, 5.41) is 6.09. The molecule has 0 aliphatic carbocycles. The summed E-state index contributed by atoms with van der Waals surface area (Å²) in [6.45, 7) is 6.83. The van der Waals surface area contributed by atoms with Gasteiger partial charge in [0.15, 0.2) is 0 Å². The molecule has 0 unspecified atom stereocenters. The molecule has 0 aliphatic rings. The number of anilines is 2. The zero-order valence-electron chi connectivity index (χ0n) is 24.3. The fourth-order valence-electron chi connectivity index (χ4n) is 6.13. The molecule has 6 aromatic carbocycles. The molecule has 42 heavy (non-hydrogen) atoms. The number of hydrogen-bond acceptors (Lipinski definition) is 1. The minimum absolute atomic E-state index is 0.00334. The molecular weight excluding hydrogens is 508 g/mol. The minimum Gasteiger partial charge on any atom is -0.356 e. The predicted molar refractivity (Wildman–Crippen MR) is 180 cm³/mol. The standard InChI is InChI=1S/C40H34N2/c1-40(2,3)42-38-16-10-9-15-36(38)37-27-31(23-26-39(37)42)28-17-19-29(20-18-28)34-13-7-8-14-35(34)30-21-24-33(25-22-30)41-32-11-5-4-6-12-32/h4-27,41H,1-3H3. The predicted octanol–water partition coefficient (Wildman–Crippen LogP) is 11.3. The van der Waals surface area contributed by atoms with Crippen molar-refractivity contribution in [3.8, 4) is 33.4 Å². The van der Waals surface area contributed by atoms with Gasteiger partial charge in [-0.3, -0.25) is 0 Å². The minimum atomic E-state index is -0.00334. The van der Waals surface area contributed by atoms with Crippen LogP contribution >= 0.6 is 0 Å². The molecule has 204 valence electrons. The van der Waals surface area contributed by atoms with E-state index >= 15 is 0 Å². The molecule has 1 heterocycles. The molecule has 7 rings (SSSR count). The van der Waals surface area contributed by atoms with Gasteiger partial charge >= 0.3 is 0 Å². The summed E-state index contributed by atoms with van der Waals surface area (Å²) in [6, 6.07) is 52.3. The van der Waals surface area contributed by atoms with Crippen LogP contribution in [0.2, 0.25) is 0 Å². The molecular formula is C40H34N2. The largest absolute Gasteiger partial charge is 0.356 e. The van der Waals surface area contributed by atoms with E-state index in [9.17, 15) is 0 Å². The molecule has 1 N–H and O–H groups in total. The Labute approximate surface area is 247 Å². The first kappa shape index (κ1) is 25.9. The molecule has 2 heteroatoms. The van der Waals surface area contributed by atoms with Crippen molar-refractivity contribution in [3.05, 3.63) is 146 Å². The normalized spacial score (nSPS) is 11.7. The van der Waals surface area contributed by atoms with E-state index in [2.05, 4.69) is 158 Å². The summed E-state index contributed by atoms with van der Waals surface area (Å²) in [4.78, 5) is 0. The number of nitrogens with one attached hydrogen (secondary N) is 1. The van der Waals surface area contributed by atoms with E-state index in [0.717, 1.165) is 11.4 Å². The molecule has 0 radical (unpaired) electrons. The van der Waals surface area contributed by atoms with Crippen LogP contribution in [0, 0.1) is 0 Å². The summed E-state index contributed by atoms with van der Waals surface area (Å²) < 4.78 is 2.46. The van der Waals surface area contributed by atoms with Crippen LogP contribution in [0.5, 0.6) is 0 Å². The molecule has 0 bridgehead atoms. The van der Waals surface area contributed by atoms with E-state index in [1.807, 2.05) is 18.2 Å². The SMILES string of the molecule is CC(C)(C)n1c2ccccc2c2cc(-c3ccc(-c4ccccc4-c4ccc(Nc5ccccc5)cc4)cc3)ccc21. The molecule has 0 amide bonds. The summed E-state index contributed by atoms with van der Waals surface area (Å²) in [5.41, 5.74) is 12.1. The van der Waals surface area contributed by atoms with Gasteiger partial charge in [0.2, 0.25) is 0 Å². The van der Waals surface area contributed by atoms with E-state index < -0.39 is 0 Å². The average Bonchev–Trinajstić information content (AvgIpc) is 3.37. The van der Waals surface area contributed by atoms with Crippen molar-refractivity contribution in [2.45, 2.75) is 26.3 Å². The smallest absolute Gasteiger partial charge is 0.0496 e. The number of fused-ring (bicyclic) bond motifs is 3. The third-order valence-electron chi connectivity index (χ3n) is 8.06. The van der Waals surface area contributed by atoms with Gasteiger partial charge in [0.1, 0.15) is 0 Å². The topological polar surface area (TPSA) is 17.0 Å². The number of para-hydroxylation sites is 2. The number of hydrogen-bond donors (Lipinski definition) is 1. The fraction of sp³-hybridized carbons (Fsp3) is 0.100. The lowest BCUT2D eigenvalue weighted by atomic mass is 9.93. The van der Waals surface area contributed by atoms with E-state index in [4.69, 9.17) is 0 Å². The lowest BCUT2D eigenvalue weighted by Gasteiger charge is -2.24. The monoisotopic (exact) mass is 542 g/mol. The quantitative estimate of drug-likeness (QED) is 0.229. The number of aromatic nitrogens is 1. The fourth-order valence-corrected chi connectivity index (χ4v) is 6.13. The van der Waals surface area contributed by atoms with Gasteiger partial charge in [-0.15, -0.1) is 0 Å². The highest BCUT2D eigenvalue weighted by atomic mass is 15.0. The van der Waals surface area contributed by atoms with Gasteiger partial charge in [0.25, 0.3) is 0 Å². The summed E-state index contributed by atoms with van der Waals surface area (Å²) >= 11 is 0. The van der Waals surface area contributed by atoms with Crippen LogP contribution in [0.4, 0.5) is 11.4 Å². The molecule has 1 aromatic heterocycles. The van der Waals surface area contributed by atoms with Crippen LogP contribution in [-0.4, -0.2) is 4.57 Å². The van der Waals surface area contributed by atoms with Gasteiger partial charge in [-0.2, -0.15) is 0 Å². The van der Waals surface area contributed by atoms with Crippen LogP contribution in [0.3, 0.4) is 0 Å². The van der Waals surface area contributed by atoms with Crippen LogP contribution < -0.4 is 5.32 Å². The molecule has 0 aliphatic heterocycles. The van der Waals surface area contributed by atoms with Crippen LogP contribution in [-0.2, 0) is 5.54 Å². The molecule has 0 saturated carbocycles. The Morgan fingerprint density at radius 1 is 0.429 bits per heavy atom. The van der Waals surface area contributed by atoms with Gasteiger partial charge in [0.05, 0.1) is 0 Å². The summed E-state index contributed by atoms with van der Waals surface area (Å²) in [7, 11) is 0. The molecule has 2 nitrogen and oxygen atoms in total. The van der Waals surface area contributed by atoms with Gasteiger partial charge in [-0.1, -0.05) is 103 Å². The highest BCUT2D eigenvalue weighted by Gasteiger charge is 2.20. The molecule has 0 atom stereocenters. The molecule has 0 fully saturated rings. The maximum atomic E-state index is 3.48. The third kappa shape index (κ3) is 4.76. The maximum Gasteiger partial charge on any atom is 0.0496 e. The lowest BCUT2D eigenvalue weighted by Crippen LogP contribution is -2.21. The van der Waals surface area contributed by atoms with Crippen molar-refractivity contribution >= 4 is 33.2 Å². The Morgan fingerprint density at radius 3 is 1.60 bits per heavy atom.